The Hall–Kier alpha value is -5.42. The summed E-state index contributed by atoms with van der Waals surface area (Å²) in [5.41, 5.74) is 14.1. The molecule has 0 amide bonds. The molecular weight excluding hydrogens is 593 g/mol. The molecule has 0 radical (unpaired) electrons. The maximum Gasteiger partial charge on any atom is 0.153 e. The van der Waals surface area contributed by atoms with Gasteiger partial charge in [-0.1, -0.05) is 133 Å². The molecule has 0 saturated carbocycles. The number of rotatable bonds is 2. The number of furan rings is 1. The van der Waals surface area contributed by atoms with Crippen molar-refractivity contribution in [3.63, 3.8) is 0 Å². The molecule has 0 N–H and O–H groups in total. The van der Waals surface area contributed by atoms with E-state index in [-0.39, 0.29) is 17.6 Å². The molecule has 12 rings (SSSR count). The van der Waals surface area contributed by atoms with Crippen LogP contribution in [0.1, 0.15) is 51.3 Å². The predicted octanol–water partition coefficient (Wildman–Crippen LogP) is 10.8. The van der Waals surface area contributed by atoms with E-state index < -0.39 is 0 Å². The fourth-order valence-electron chi connectivity index (χ4n) is 9.34. The number of benzene rings is 6. The largest absolute Gasteiger partial charge is 0.457 e. The summed E-state index contributed by atoms with van der Waals surface area (Å²) in [4.78, 5) is 1.40. The number of anilines is 1. The zero-order valence-corrected chi connectivity index (χ0v) is 26.0. The highest BCUT2D eigenvalue weighted by Gasteiger charge is 2.61. The Morgan fingerprint density at radius 1 is 0.574 bits per heavy atom. The van der Waals surface area contributed by atoms with Crippen molar-refractivity contribution in [2.45, 2.75) is 17.6 Å². The first-order valence-corrected chi connectivity index (χ1v) is 17.2. The van der Waals surface area contributed by atoms with Crippen molar-refractivity contribution in [2.75, 3.05) is 5.01 Å². The average Bonchev–Trinajstić information content (AvgIpc) is 3.53. The number of para-hydroxylation sites is 1. The van der Waals surface area contributed by atoms with Gasteiger partial charge in [-0.3, -0.25) is 5.01 Å². The molecule has 2 aromatic heterocycles. The third kappa shape index (κ3) is 2.81. The second-order valence-corrected chi connectivity index (χ2v) is 14.2. The van der Waals surface area contributed by atoms with Gasteiger partial charge in [0.15, 0.2) is 5.76 Å². The van der Waals surface area contributed by atoms with Crippen LogP contribution in [0.4, 0.5) is 5.69 Å². The van der Waals surface area contributed by atoms with Crippen LogP contribution in [0.25, 0.3) is 42.6 Å². The van der Waals surface area contributed by atoms with Gasteiger partial charge in [-0.15, -0.1) is 11.3 Å². The van der Waals surface area contributed by atoms with Crippen LogP contribution in [-0.2, 0) is 5.41 Å². The van der Waals surface area contributed by atoms with Crippen LogP contribution in [0, 0.1) is 0 Å². The molecule has 2 aliphatic carbocycles. The molecule has 0 bridgehead atoms. The van der Waals surface area contributed by atoms with Crippen LogP contribution in [0.15, 0.2) is 150 Å². The van der Waals surface area contributed by atoms with E-state index in [1.54, 1.807) is 0 Å². The van der Waals surface area contributed by atoms with E-state index in [1.165, 1.54) is 76.1 Å². The first-order chi connectivity index (χ1) is 23.4. The van der Waals surface area contributed by atoms with Gasteiger partial charge in [-0.05, 0) is 62.0 Å². The molecule has 3 atom stereocenters. The third-order valence-electron chi connectivity index (χ3n) is 11.1. The lowest BCUT2D eigenvalue weighted by Crippen LogP contribution is -2.25. The lowest BCUT2D eigenvalue weighted by atomic mass is 9.70. The predicted molar refractivity (Wildman–Crippen MR) is 190 cm³/mol. The molecule has 4 heterocycles. The Bertz CT molecular complexity index is 2590. The third-order valence-corrected chi connectivity index (χ3v) is 12.3. The molecule has 47 heavy (non-hydrogen) atoms. The molecule has 1 saturated heterocycles. The fraction of sp³-hybridized carbons (Fsp3) is 0.0698. The molecule has 3 nitrogen and oxygen atoms in total. The topological polar surface area (TPSA) is 19.2 Å². The Morgan fingerprint density at radius 3 is 1.96 bits per heavy atom. The van der Waals surface area contributed by atoms with Gasteiger partial charge in [0.05, 0.1) is 5.41 Å². The van der Waals surface area contributed by atoms with Gasteiger partial charge in [-0.2, -0.15) is 5.01 Å². The molecule has 220 valence electrons. The Balaban J connectivity index is 1.12. The van der Waals surface area contributed by atoms with Gasteiger partial charge >= 0.3 is 0 Å². The van der Waals surface area contributed by atoms with Crippen molar-refractivity contribution in [1.29, 1.82) is 0 Å². The second kappa shape index (κ2) is 8.48. The smallest absolute Gasteiger partial charge is 0.153 e. The van der Waals surface area contributed by atoms with Gasteiger partial charge in [0.25, 0.3) is 0 Å². The maximum absolute atomic E-state index is 6.59. The number of fused-ring (bicyclic) bond motifs is 17. The SMILES string of the molecule is c1ccc(C2c3oc4ccccc4c3N3C(c4cccc5c6c(sc45)-c4ccccc4C64c5ccccc5-c5ccccc54)N23)cc1. The van der Waals surface area contributed by atoms with Crippen LogP contribution < -0.4 is 5.01 Å². The van der Waals surface area contributed by atoms with E-state index in [4.69, 9.17) is 4.42 Å². The fourth-order valence-corrected chi connectivity index (χ4v) is 10.8. The molecule has 1 spiro atoms. The maximum atomic E-state index is 6.59. The summed E-state index contributed by atoms with van der Waals surface area (Å²) >= 11 is 1.98. The van der Waals surface area contributed by atoms with Crippen LogP contribution in [0.5, 0.6) is 0 Å². The zero-order chi connectivity index (χ0) is 30.4. The number of hydrogen-bond acceptors (Lipinski definition) is 4. The minimum Gasteiger partial charge on any atom is -0.457 e. The van der Waals surface area contributed by atoms with E-state index in [0.29, 0.717) is 0 Å². The number of hydrazine groups is 1. The first kappa shape index (κ1) is 24.8. The number of thiophene rings is 1. The molecule has 6 aromatic carbocycles. The standard InChI is InChI=1S/C43H26N2OS/c1-2-13-25(14-3-1)37-39-38(29-18-7-11-24-35(29)46-39)45-42(44(37)45)31-20-12-19-30-36-41(47-40(30)31)28-17-6-10-23-34(28)43(36)32-21-8-4-15-26(32)27-16-5-9-22-33(27)43/h1-24,37,42H. The summed E-state index contributed by atoms with van der Waals surface area (Å²) in [5, 5.41) is 7.56. The summed E-state index contributed by atoms with van der Waals surface area (Å²) in [5.74, 6) is 1.04. The van der Waals surface area contributed by atoms with Gasteiger partial charge in [0.1, 0.15) is 23.5 Å². The highest BCUT2D eigenvalue weighted by atomic mass is 32.1. The van der Waals surface area contributed by atoms with Crippen LogP contribution >= 0.6 is 11.3 Å². The average molecular weight is 619 g/mol. The molecule has 8 aromatic rings. The highest BCUT2D eigenvalue weighted by Crippen LogP contribution is 2.68. The summed E-state index contributed by atoms with van der Waals surface area (Å²) in [6.45, 7) is 0. The van der Waals surface area contributed by atoms with Crippen LogP contribution in [0.2, 0.25) is 0 Å². The van der Waals surface area contributed by atoms with Crippen molar-refractivity contribution in [2.24, 2.45) is 0 Å². The number of hydrogen-bond donors (Lipinski definition) is 0. The lowest BCUT2D eigenvalue weighted by molar-refractivity contribution is 0.387. The molecule has 1 fully saturated rings. The summed E-state index contributed by atoms with van der Waals surface area (Å²) in [6.07, 6.45) is 0.130. The Labute approximate surface area is 275 Å². The summed E-state index contributed by atoms with van der Waals surface area (Å²) in [6, 6.07) is 53.7. The van der Waals surface area contributed by atoms with Gasteiger partial charge < -0.3 is 4.42 Å². The summed E-state index contributed by atoms with van der Waals surface area (Å²) in [7, 11) is 0. The zero-order valence-electron chi connectivity index (χ0n) is 25.2. The van der Waals surface area contributed by atoms with Crippen LogP contribution in [-0.4, -0.2) is 5.01 Å². The highest BCUT2D eigenvalue weighted by molar-refractivity contribution is 7.23. The van der Waals surface area contributed by atoms with Crippen molar-refractivity contribution < 1.29 is 4.42 Å². The van der Waals surface area contributed by atoms with E-state index in [1.807, 2.05) is 11.3 Å². The second-order valence-electron chi connectivity index (χ2n) is 13.1. The normalized spacial score (nSPS) is 20.3. The Kier molecular flexibility index (Phi) is 4.47. The van der Waals surface area contributed by atoms with E-state index >= 15 is 0 Å². The van der Waals surface area contributed by atoms with Crippen molar-refractivity contribution in [1.82, 2.24) is 5.01 Å². The summed E-state index contributed by atoms with van der Waals surface area (Å²) < 4.78 is 7.97. The van der Waals surface area contributed by atoms with Gasteiger partial charge in [0, 0.05) is 20.5 Å². The molecular formula is C43H26N2OS. The van der Waals surface area contributed by atoms with Gasteiger partial charge in [0.2, 0.25) is 0 Å². The minimum atomic E-state index is -0.337. The minimum absolute atomic E-state index is 0.0336. The van der Waals surface area contributed by atoms with Crippen LogP contribution in [0.3, 0.4) is 0 Å². The van der Waals surface area contributed by atoms with E-state index in [0.717, 1.165) is 11.3 Å². The molecule has 3 unspecified atom stereocenters. The van der Waals surface area contributed by atoms with E-state index in [2.05, 4.69) is 156 Å². The van der Waals surface area contributed by atoms with Crippen molar-refractivity contribution >= 4 is 38.1 Å². The first-order valence-electron chi connectivity index (χ1n) is 16.3. The van der Waals surface area contributed by atoms with Crippen molar-refractivity contribution in [3.05, 3.63) is 185 Å². The molecule has 2 aliphatic heterocycles. The van der Waals surface area contributed by atoms with Crippen molar-refractivity contribution in [3.8, 4) is 21.6 Å². The quantitative estimate of drug-likeness (QED) is 0.180. The van der Waals surface area contributed by atoms with E-state index in [9.17, 15) is 0 Å². The van der Waals surface area contributed by atoms with Gasteiger partial charge in [-0.25, -0.2) is 0 Å². The number of nitrogens with zero attached hydrogens (tertiary/aromatic N) is 2. The molecule has 4 heteroatoms. The Morgan fingerprint density at radius 2 is 1.19 bits per heavy atom. The lowest BCUT2D eigenvalue weighted by Gasteiger charge is -2.30. The monoisotopic (exact) mass is 618 g/mol. The molecule has 4 aliphatic rings.